The number of hydrogen-bond donors (Lipinski definition) is 0. The highest BCUT2D eigenvalue weighted by Crippen LogP contribution is 2.25. The minimum Gasteiger partial charge on any atom is -0.298 e. The number of imidazole rings is 1. The molecule has 0 N–H and O–H groups in total. The standard InChI is InChI=1S/C13H8ClIN2/c14-12-11-3-1-2-8-17(11)13(16-12)9-4-6-10(15)7-5-9/h1-8H. The Morgan fingerprint density at radius 3 is 2.59 bits per heavy atom. The number of fused-ring (bicyclic) bond motifs is 1. The van der Waals surface area contributed by atoms with Gasteiger partial charge in [-0.1, -0.05) is 29.8 Å². The van der Waals surface area contributed by atoms with E-state index in [4.69, 9.17) is 11.6 Å². The summed E-state index contributed by atoms with van der Waals surface area (Å²) in [6.07, 6.45) is 1.97. The van der Waals surface area contributed by atoms with Crippen LogP contribution in [0.3, 0.4) is 0 Å². The normalized spacial score (nSPS) is 10.9. The van der Waals surface area contributed by atoms with Crippen LogP contribution in [0.25, 0.3) is 16.9 Å². The van der Waals surface area contributed by atoms with Gasteiger partial charge in [-0.3, -0.25) is 4.40 Å². The molecule has 0 aliphatic carbocycles. The van der Waals surface area contributed by atoms with E-state index >= 15 is 0 Å². The first-order chi connectivity index (χ1) is 8.25. The molecule has 1 aromatic carbocycles. The Morgan fingerprint density at radius 1 is 1.06 bits per heavy atom. The van der Waals surface area contributed by atoms with Crippen molar-refractivity contribution in [3.8, 4) is 11.4 Å². The Hall–Kier alpha value is -1.07. The van der Waals surface area contributed by atoms with Crippen LogP contribution in [0.2, 0.25) is 5.15 Å². The van der Waals surface area contributed by atoms with Gasteiger partial charge in [0.25, 0.3) is 0 Å². The average Bonchev–Trinajstić information content (AvgIpc) is 2.69. The van der Waals surface area contributed by atoms with E-state index in [1.807, 2.05) is 28.8 Å². The molecule has 0 saturated heterocycles. The molecule has 17 heavy (non-hydrogen) atoms. The van der Waals surface area contributed by atoms with Gasteiger partial charge in [0.2, 0.25) is 0 Å². The summed E-state index contributed by atoms with van der Waals surface area (Å²) in [6, 6.07) is 14.1. The molecule has 0 atom stereocenters. The number of hydrogen-bond acceptors (Lipinski definition) is 1. The molecule has 2 aromatic heterocycles. The number of pyridine rings is 1. The molecule has 84 valence electrons. The second-order valence-electron chi connectivity index (χ2n) is 3.69. The van der Waals surface area contributed by atoms with E-state index in [1.54, 1.807) is 0 Å². The van der Waals surface area contributed by atoms with Gasteiger partial charge in [0, 0.05) is 15.3 Å². The van der Waals surface area contributed by atoms with Crippen LogP contribution in [0.4, 0.5) is 0 Å². The topological polar surface area (TPSA) is 17.3 Å². The smallest absolute Gasteiger partial charge is 0.155 e. The summed E-state index contributed by atoms with van der Waals surface area (Å²) in [5, 5.41) is 0.541. The Kier molecular flexibility index (Phi) is 2.80. The van der Waals surface area contributed by atoms with Gasteiger partial charge in [0.05, 0.1) is 5.52 Å². The van der Waals surface area contributed by atoms with Crippen molar-refractivity contribution in [3.63, 3.8) is 0 Å². The van der Waals surface area contributed by atoms with Crippen LogP contribution >= 0.6 is 34.2 Å². The lowest BCUT2D eigenvalue weighted by Crippen LogP contribution is -1.88. The largest absolute Gasteiger partial charge is 0.298 e. The highest BCUT2D eigenvalue weighted by atomic mass is 127. The number of halogens is 2. The van der Waals surface area contributed by atoms with Crippen molar-refractivity contribution in [2.75, 3.05) is 0 Å². The third kappa shape index (κ3) is 1.93. The first kappa shape index (κ1) is 11.0. The summed E-state index contributed by atoms with van der Waals surface area (Å²) in [5.41, 5.74) is 2.00. The van der Waals surface area contributed by atoms with Gasteiger partial charge in [0.15, 0.2) is 5.15 Å². The molecule has 0 amide bonds. The monoisotopic (exact) mass is 354 g/mol. The van der Waals surface area contributed by atoms with Gasteiger partial charge in [0.1, 0.15) is 5.82 Å². The SMILES string of the molecule is Clc1nc(-c2ccc(I)cc2)n2ccccc12. The quantitative estimate of drug-likeness (QED) is 0.597. The van der Waals surface area contributed by atoms with Crippen molar-refractivity contribution >= 4 is 39.7 Å². The number of rotatable bonds is 1. The number of nitrogens with zero attached hydrogens (tertiary/aromatic N) is 2. The van der Waals surface area contributed by atoms with Crippen LogP contribution in [0.1, 0.15) is 0 Å². The molecule has 0 saturated carbocycles. The summed E-state index contributed by atoms with van der Waals surface area (Å²) >= 11 is 8.41. The van der Waals surface area contributed by atoms with Crippen LogP contribution in [-0.2, 0) is 0 Å². The third-order valence-electron chi connectivity index (χ3n) is 2.61. The zero-order valence-electron chi connectivity index (χ0n) is 8.77. The summed E-state index contributed by atoms with van der Waals surface area (Å²) in [7, 11) is 0. The predicted octanol–water partition coefficient (Wildman–Crippen LogP) is 4.26. The maximum absolute atomic E-state index is 6.13. The van der Waals surface area contributed by atoms with E-state index in [2.05, 4.69) is 51.8 Å². The Labute approximate surface area is 117 Å². The van der Waals surface area contributed by atoms with Crippen LogP contribution in [0, 0.1) is 3.57 Å². The lowest BCUT2D eigenvalue weighted by Gasteiger charge is -2.00. The summed E-state index contributed by atoms with van der Waals surface area (Å²) in [6.45, 7) is 0. The molecule has 0 aliphatic rings. The molecule has 0 unspecified atom stereocenters. The average molecular weight is 355 g/mol. The van der Waals surface area contributed by atoms with E-state index in [9.17, 15) is 0 Å². The van der Waals surface area contributed by atoms with E-state index in [1.165, 1.54) is 3.57 Å². The van der Waals surface area contributed by atoms with Crippen LogP contribution < -0.4 is 0 Å². The molecule has 0 spiro atoms. The number of benzene rings is 1. The van der Waals surface area contributed by atoms with E-state index < -0.39 is 0 Å². The van der Waals surface area contributed by atoms with Gasteiger partial charge < -0.3 is 0 Å². The van der Waals surface area contributed by atoms with Crippen molar-refractivity contribution in [2.24, 2.45) is 0 Å². The van der Waals surface area contributed by atoms with Gasteiger partial charge in [-0.05, 0) is 46.9 Å². The molecule has 2 nitrogen and oxygen atoms in total. The fourth-order valence-electron chi connectivity index (χ4n) is 1.80. The van der Waals surface area contributed by atoms with Gasteiger partial charge in [-0.25, -0.2) is 4.98 Å². The van der Waals surface area contributed by atoms with Crippen molar-refractivity contribution in [2.45, 2.75) is 0 Å². The maximum Gasteiger partial charge on any atom is 0.155 e. The second-order valence-corrected chi connectivity index (χ2v) is 5.29. The molecule has 3 rings (SSSR count). The van der Waals surface area contributed by atoms with Crippen molar-refractivity contribution in [3.05, 3.63) is 57.4 Å². The van der Waals surface area contributed by atoms with Gasteiger partial charge in [-0.2, -0.15) is 0 Å². The zero-order valence-corrected chi connectivity index (χ0v) is 11.7. The van der Waals surface area contributed by atoms with E-state index in [0.29, 0.717) is 5.15 Å². The second kappa shape index (κ2) is 4.31. The molecular formula is C13H8ClIN2. The summed E-state index contributed by atoms with van der Waals surface area (Å²) in [4.78, 5) is 4.42. The van der Waals surface area contributed by atoms with E-state index in [0.717, 1.165) is 16.9 Å². The Bertz CT molecular complexity index is 673. The van der Waals surface area contributed by atoms with Gasteiger partial charge >= 0.3 is 0 Å². The van der Waals surface area contributed by atoms with Crippen molar-refractivity contribution in [1.82, 2.24) is 9.38 Å². The molecule has 0 fully saturated rings. The fourth-order valence-corrected chi connectivity index (χ4v) is 2.40. The first-order valence-corrected chi connectivity index (χ1v) is 6.60. The van der Waals surface area contributed by atoms with Crippen molar-refractivity contribution < 1.29 is 0 Å². The van der Waals surface area contributed by atoms with Gasteiger partial charge in [-0.15, -0.1) is 0 Å². The molecule has 3 aromatic rings. The zero-order chi connectivity index (χ0) is 11.8. The Morgan fingerprint density at radius 2 is 1.82 bits per heavy atom. The van der Waals surface area contributed by atoms with Crippen LogP contribution in [-0.4, -0.2) is 9.38 Å². The Balaban J connectivity index is 2.27. The lowest BCUT2D eigenvalue weighted by atomic mass is 10.2. The summed E-state index contributed by atoms with van der Waals surface area (Å²) in [5.74, 6) is 0.877. The maximum atomic E-state index is 6.13. The minimum absolute atomic E-state index is 0.541. The fraction of sp³-hybridized carbons (Fsp3) is 0. The predicted molar refractivity (Wildman–Crippen MR) is 78.4 cm³/mol. The molecule has 4 heteroatoms. The molecule has 2 heterocycles. The highest BCUT2D eigenvalue weighted by molar-refractivity contribution is 14.1. The van der Waals surface area contributed by atoms with E-state index in [-0.39, 0.29) is 0 Å². The summed E-state index contributed by atoms with van der Waals surface area (Å²) < 4.78 is 3.21. The molecule has 0 radical (unpaired) electrons. The first-order valence-electron chi connectivity index (χ1n) is 5.14. The molecule has 0 bridgehead atoms. The van der Waals surface area contributed by atoms with Crippen molar-refractivity contribution in [1.29, 1.82) is 0 Å². The van der Waals surface area contributed by atoms with Crippen LogP contribution in [0.15, 0.2) is 48.7 Å². The lowest BCUT2D eigenvalue weighted by molar-refractivity contribution is 1.16. The minimum atomic E-state index is 0.541. The van der Waals surface area contributed by atoms with Crippen LogP contribution in [0.5, 0.6) is 0 Å². The third-order valence-corrected chi connectivity index (χ3v) is 3.60. The molecular weight excluding hydrogens is 347 g/mol. The highest BCUT2D eigenvalue weighted by Gasteiger charge is 2.09. The number of aromatic nitrogens is 2. The molecule has 0 aliphatic heterocycles.